The van der Waals surface area contributed by atoms with Crippen LogP contribution in [-0.4, -0.2) is 24.9 Å². The van der Waals surface area contributed by atoms with Crippen LogP contribution in [-0.2, 0) is 17.9 Å². The van der Waals surface area contributed by atoms with Gasteiger partial charge in [-0.1, -0.05) is 88.3 Å². The SMILES string of the molecule is Clc1ccc(COC(Cn2ccnc2)c2ccc(Cl)cc2Cl)c(Cl)c1.N#C/C(=C1\SCC(c2ccccc2Cl)S1)n1ccnc1. The summed E-state index contributed by atoms with van der Waals surface area (Å²) in [5.74, 6) is 0.920. The summed E-state index contributed by atoms with van der Waals surface area (Å²) in [5.41, 5.74) is 3.47. The average Bonchev–Trinajstić information content (AvgIpc) is 3.82. The Morgan fingerprint density at radius 1 is 0.911 bits per heavy atom. The first kappa shape index (κ1) is 33.8. The number of halogens is 5. The highest BCUT2D eigenvalue weighted by Gasteiger charge is 2.27. The van der Waals surface area contributed by atoms with Crippen molar-refractivity contribution in [3.05, 3.63) is 144 Å². The molecule has 2 atom stereocenters. The van der Waals surface area contributed by atoms with E-state index in [2.05, 4.69) is 16.0 Å². The molecule has 5 aromatic rings. The number of imidazole rings is 2. The number of hydrogen-bond donors (Lipinski definition) is 0. The zero-order valence-corrected chi connectivity index (χ0v) is 28.8. The molecule has 6 nitrogen and oxygen atoms in total. The van der Waals surface area contributed by atoms with Gasteiger partial charge in [-0.2, -0.15) is 5.26 Å². The maximum Gasteiger partial charge on any atom is 0.145 e. The molecule has 45 heavy (non-hydrogen) atoms. The lowest BCUT2D eigenvalue weighted by Gasteiger charge is -2.21. The zero-order valence-electron chi connectivity index (χ0n) is 23.4. The second kappa shape index (κ2) is 16.3. The molecule has 1 aliphatic rings. The van der Waals surface area contributed by atoms with Gasteiger partial charge in [-0.05, 0) is 41.5 Å². The summed E-state index contributed by atoms with van der Waals surface area (Å²) in [6.07, 6.45) is 10.1. The fourth-order valence-electron chi connectivity index (χ4n) is 4.38. The van der Waals surface area contributed by atoms with E-state index in [1.165, 1.54) is 0 Å². The molecule has 0 spiro atoms. The fraction of sp³-hybridized carbons (Fsp3) is 0.156. The van der Waals surface area contributed by atoms with Crippen LogP contribution in [0.25, 0.3) is 5.70 Å². The number of aromatic nitrogens is 4. The molecular weight excluding hydrogens is 712 g/mol. The van der Waals surface area contributed by atoms with Crippen molar-refractivity contribution in [1.29, 1.82) is 5.26 Å². The summed E-state index contributed by atoms with van der Waals surface area (Å²) in [7, 11) is 0. The molecule has 2 aromatic heterocycles. The van der Waals surface area contributed by atoms with Crippen LogP contribution in [0.2, 0.25) is 25.1 Å². The smallest absolute Gasteiger partial charge is 0.145 e. The van der Waals surface area contributed by atoms with E-state index in [1.54, 1.807) is 83.6 Å². The lowest BCUT2D eigenvalue weighted by Crippen LogP contribution is -2.12. The standard InChI is InChI=1S/C18H14Cl4N2O.C14H10ClN3S2/c19-13-2-1-12(16(21)7-13)10-25-18(9-24-6-5-23-11-24)15-4-3-14(20)8-17(15)22;15-11-4-2-1-3-10(11)13-8-19-14(20-13)12(7-16)18-6-5-17-9-18/h1-8,11,18H,9-10H2;1-6,9,13H,8H2/b;14-12-. The summed E-state index contributed by atoms with van der Waals surface area (Å²) in [4.78, 5) is 8.06. The van der Waals surface area contributed by atoms with Crippen molar-refractivity contribution in [2.45, 2.75) is 24.5 Å². The van der Waals surface area contributed by atoms with Gasteiger partial charge in [0.1, 0.15) is 17.9 Å². The summed E-state index contributed by atoms with van der Waals surface area (Å²) in [6.45, 7) is 0.890. The minimum Gasteiger partial charge on any atom is -0.367 e. The number of nitriles is 1. The highest BCUT2D eigenvalue weighted by Crippen LogP contribution is 2.53. The van der Waals surface area contributed by atoms with Crippen molar-refractivity contribution < 1.29 is 4.74 Å². The van der Waals surface area contributed by atoms with Gasteiger partial charge in [0.15, 0.2) is 0 Å². The van der Waals surface area contributed by atoms with E-state index in [1.807, 2.05) is 47.2 Å². The largest absolute Gasteiger partial charge is 0.367 e. The van der Waals surface area contributed by atoms with Crippen molar-refractivity contribution in [3.8, 4) is 6.07 Å². The lowest BCUT2D eigenvalue weighted by molar-refractivity contribution is 0.0281. The molecule has 0 N–H and O–H groups in total. The van der Waals surface area contributed by atoms with Crippen molar-refractivity contribution in [2.24, 2.45) is 0 Å². The third-order valence-electron chi connectivity index (χ3n) is 6.63. The molecule has 0 saturated carbocycles. The van der Waals surface area contributed by atoms with Crippen molar-refractivity contribution in [3.63, 3.8) is 0 Å². The minimum atomic E-state index is -0.286. The molecule has 0 radical (unpaired) electrons. The molecule has 13 heteroatoms. The van der Waals surface area contributed by atoms with Crippen molar-refractivity contribution in [1.82, 2.24) is 19.1 Å². The number of benzene rings is 3. The van der Waals surface area contributed by atoms with Gasteiger partial charge in [-0.15, -0.1) is 23.5 Å². The summed E-state index contributed by atoms with van der Waals surface area (Å²) in [5, 5.41) is 12.7. The van der Waals surface area contributed by atoms with E-state index in [9.17, 15) is 5.26 Å². The monoisotopic (exact) mass is 733 g/mol. The predicted octanol–water partition coefficient (Wildman–Crippen LogP) is 10.9. The molecule has 1 aliphatic heterocycles. The van der Waals surface area contributed by atoms with Gasteiger partial charge >= 0.3 is 0 Å². The van der Waals surface area contributed by atoms with Crippen molar-refractivity contribution in [2.75, 3.05) is 5.75 Å². The van der Waals surface area contributed by atoms with Crippen LogP contribution in [0.15, 0.2) is 102 Å². The topological polar surface area (TPSA) is 68.7 Å². The molecule has 1 saturated heterocycles. The number of rotatable bonds is 8. The van der Waals surface area contributed by atoms with Crippen LogP contribution < -0.4 is 0 Å². The van der Waals surface area contributed by atoms with Gasteiger partial charge in [0.2, 0.25) is 0 Å². The maximum atomic E-state index is 9.36. The van der Waals surface area contributed by atoms with Gasteiger partial charge in [0, 0.05) is 66.5 Å². The van der Waals surface area contributed by atoms with Crippen LogP contribution in [0.3, 0.4) is 0 Å². The van der Waals surface area contributed by atoms with Crippen molar-refractivity contribution >= 4 is 87.2 Å². The number of hydrogen-bond acceptors (Lipinski definition) is 6. The quantitative estimate of drug-likeness (QED) is 0.148. The predicted molar refractivity (Wildman–Crippen MR) is 188 cm³/mol. The Morgan fingerprint density at radius 3 is 2.31 bits per heavy atom. The second-order valence-corrected chi connectivity index (χ2v) is 14.2. The van der Waals surface area contributed by atoms with E-state index < -0.39 is 0 Å². The summed E-state index contributed by atoms with van der Waals surface area (Å²) >= 11 is 34.2. The number of ether oxygens (including phenoxy) is 1. The lowest BCUT2D eigenvalue weighted by atomic mass is 10.1. The second-order valence-electron chi connectivity index (χ2n) is 9.62. The molecule has 3 heterocycles. The Hall–Kier alpha value is -2.58. The Bertz CT molecular complexity index is 1810. The molecule has 0 bridgehead atoms. The van der Waals surface area contributed by atoms with E-state index >= 15 is 0 Å². The first-order chi connectivity index (χ1) is 21.8. The molecule has 0 amide bonds. The Labute approximate surface area is 294 Å². The van der Waals surface area contributed by atoms with Crippen LogP contribution in [0.4, 0.5) is 0 Å². The van der Waals surface area contributed by atoms with Crippen LogP contribution in [0, 0.1) is 11.3 Å². The Morgan fingerprint density at radius 2 is 1.64 bits per heavy atom. The Balaban J connectivity index is 0.000000182. The van der Waals surface area contributed by atoms with Gasteiger partial charge in [-0.25, -0.2) is 9.97 Å². The molecule has 0 aliphatic carbocycles. The first-order valence-corrected chi connectivity index (χ1v) is 17.2. The fourth-order valence-corrected chi connectivity index (χ4v) is 8.63. The molecule has 2 unspecified atom stereocenters. The van der Waals surface area contributed by atoms with Crippen LogP contribution >= 0.6 is 81.5 Å². The normalized spacial score (nSPS) is 16.0. The third-order valence-corrected chi connectivity index (χ3v) is 11.0. The first-order valence-electron chi connectivity index (χ1n) is 13.4. The average molecular weight is 736 g/mol. The van der Waals surface area contributed by atoms with Gasteiger partial charge in [0.25, 0.3) is 0 Å². The van der Waals surface area contributed by atoms with Crippen LogP contribution in [0.5, 0.6) is 0 Å². The highest BCUT2D eigenvalue weighted by molar-refractivity contribution is 8.25. The van der Waals surface area contributed by atoms with Gasteiger partial charge in [-0.3, -0.25) is 4.57 Å². The highest BCUT2D eigenvalue weighted by atomic mass is 35.5. The number of thioether (sulfide) groups is 2. The van der Waals surface area contributed by atoms with E-state index in [-0.39, 0.29) is 11.4 Å². The maximum absolute atomic E-state index is 9.36. The van der Waals surface area contributed by atoms with E-state index in [0.29, 0.717) is 38.9 Å². The number of nitrogens with zero attached hydrogens (tertiary/aromatic N) is 5. The zero-order chi connectivity index (χ0) is 31.8. The summed E-state index contributed by atoms with van der Waals surface area (Å²) in [6, 6.07) is 20.8. The summed E-state index contributed by atoms with van der Waals surface area (Å²) < 4.78 is 10.8. The van der Waals surface area contributed by atoms with Gasteiger partial charge in [0.05, 0.1) is 30.0 Å². The molecule has 3 aromatic carbocycles. The molecular formula is C32H24Cl5N5OS2. The molecule has 6 rings (SSSR count). The van der Waals surface area contributed by atoms with E-state index in [4.69, 9.17) is 62.7 Å². The molecule has 1 fully saturated rings. The van der Waals surface area contributed by atoms with Crippen LogP contribution in [0.1, 0.15) is 28.0 Å². The van der Waals surface area contributed by atoms with E-state index in [0.717, 1.165) is 31.7 Å². The Kier molecular flexibility index (Phi) is 12.2. The third kappa shape index (κ3) is 9.03. The number of allylic oxidation sites excluding steroid dienone is 1. The molecule has 230 valence electrons. The van der Waals surface area contributed by atoms with Gasteiger partial charge < -0.3 is 9.30 Å². The minimum absolute atomic E-state index is 0.286.